The van der Waals surface area contributed by atoms with Gasteiger partial charge in [0.25, 0.3) is 0 Å². The minimum atomic E-state index is -0.395. The first-order chi connectivity index (χ1) is 9.11. The quantitative estimate of drug-likeness (QED) is 0.521. The molecule has 0 fully saturated rings. The number of carbonyl (C=O) groups is 1. The van der Waals surface area contributed by atoms with E-state index in [1.54, 1.807) is 6.07 Å². The highest BCUT2D eigenvalue weighted by molar-refractivity contribution is 9.10. The van der Waals surface area contributed by atoms with Crippen LogP contribution < -0.4 is 5.73 Å². The lowest BCUT2D eigenvalue weighted by Gasteiger charge is -2.05. The summed E-state index contributed by atoms with van der Waals surface area (Å²) in [6.07, 6.45) is 1.48. The molecule has 0 radical (unpaired) electrons. The van der Waals surface area contributed by atoms with Crippen molar-refractivity contribution in [3.8, 4) is 0 Å². The lowest BCUT2D eigenvalue weighted by molar-refractivity contribution is 0.0598. The smallest absolute Gasteiger partial charge is 0.341 e. The summed E-state index contributed by atoms with van der Waals surface area (Å²) in [6, 6.07) is 7.28. The Hall–Kier alpha value is -1.40. The van der Waals surface area contributed by atoms with Gasteiger partial charge in [-0.2, -0.15) is 0 Å². The van der Waals surface area contributed by atoms with Gasteiger partial charge in [0.05, 0.1) is 19.1 Å². The number of hydrogen-bond acceptors (Lipinski definition) is 5. The average molecular weight is 342 g/mol. The maximum absolute atomic E-state index is 11.5. The molecule has 0 aliphatic heterocycles. The number of furan rings is 1. The average Bonchev–Trinajstić information content (AvgIpc) is 2.85. The molecule has 2 rings (SSSR count). The van der Waals surface area contributed by atoms with Crippen LogP contribution in [0.25, 0.3) is 0 Å². The third-order valence-corrected chi connectivity index (χ3v) is 4.06. The Labute approximate surface area is 123 Å². The fourth-order valence-corrected chi connectivity index (χ4v) is 2.82. The van der Waals surface area contributed by atoms with E-state index in [0.717, 1.165) is 9.37 Å². The molecule has 4 nitrogen and oxygen atoms in total. The molecule has 0 bridgehead atoms. The van der Waals surface area contributed by atoms with Crippen LogP contribution in [0.4, 0.5) is 5.69 Å². The number of carbonyl (C=O) groups excluding carboxylic acids is 1. The molecule has 0 saturated heterocycles. The van der Waals surface area contributed by atoms with Crippen molar-refractivity contribution < 1.29 is 13.9 Å². The van der Waals surface area contributed by atoms with E-state index in [0.29, 0.717) is 22.8 Å². The van der Waals surface area contributed by atoms with Crippen LogP contribution in [-0.4, -0.2) is 13.1 Å². The zero-order chi connectivity index (χ0) is 13.8. The van der Waals surface area contributed by atoms with Gasteiger partial charge in [0.2, 0.25) is 0 Å². The summed E-state index contributed by atoms with van der Waals surface area (Å²) in [5, 5.41) is 0. The Balaban J connectivity index is 2.10. The predicted molar refractivity (Wildman–Crippen MR) is 78.2 cm³/mol. The Morgan fingerprint density at radius 3 is 2.95 bits per heavy atom. The zero-order valence-electron chi connectivity index (χ0n) is 10.2. The number of nitrogens with two attached hydrogens (primary N) is 1. The maximum atomic E-state index is 11.5. The largest absolute Gasteiger partial charge is 0.468 e. The lowest BCUT2D eigenvalue weighted by atomic mass is 10.3. The van der Waals surface area contributed by atoms with Gasteiger partial charge in [-0.25, -0.2) is 4.79 Å². The van der Waals surface area contributed by atoms with Crippen LogP contribution in [0.2, 0.25) is 0 Å². The lowest BCUT2D eigenvalue weighted by Crippen LogP contribution is -2.02. The van der Waals surface area contributed by atoms with Crippen molar-refractivity contribution in [3.05, 3.63) is 46.3 Å². The highest BCUT2D eigenvalue weighted by Gasteiger charge is 2.15. The van der Waals surface area contributed by atoms with E-state index in [4.69, 9.17) is 10.2 Å². The van der Waals surface area contributed by atoms with Gasteiger partial charge in [0.1, 0.15) is 11.3 Å². The second-order valence-electron chi connectivity index (χ2n) is 3.72. The number of halogens is 1. The predicted octanol–water partition coefficient (Wildman–Crippen LogP) is 3.70. The van der Waals surface area contributed by atoms with Gasteiger partial charge in [-0.1, -0.05) is 15.9 Å². The first-order valence-electron chi connectivity index (χ1n) is 5.44. The van der Waals surface area contributed by atoms with Gasteiger partial charge in [-0.3, -0.25) is 0 Å². The van der Waals surface area contributed by atoms with Crippen molar-refractivity contribution in [1.82, 2.24) is 0 Å². The number of hydrogen-bond donors (Lipinski definition) is 1. The molecule has 100 valence electrons. The fraction of sp³-hybridized carbons (Fsp3) is 0.154. The summed E-state index contributed by atoms with van der Waals surface area (Å²) in [7, 11) is 1.35. The standard InChI is InChI=1S/C13H12BrNO3S/c1-17-13(16)9-4-5-18-11(9)7-19-12-3-2-8(14)6-10(12)15/h2-6H,7,15H2,1H3. The van der Waals surface area contributed by atoms with Crippen LogP contribution in [-0.2, 0) is 10.5 Å². The van der Waals surface area contributed by atoms with Crippen LogP contribution in [0.1, 0.15) is 16.1 Å². The van der Waals surface area contributed by atoms with Crippen molar-refractivity contribution in [2.24, 2.45) is 0 Å². The highest BCUT2D eigenvalue weighted by atomic mass is 79.9. The molecule has 19 heavy (non-hydrogen) atoms. The molecular formula is C13H12BrNO3S. The van der Waals surface area contributed by atoms with Crippen molar-refractivity contribution >= 4 is 39.3 Å². The van der Waals surface area contributed by atoms with E-state index in [-0.39, 0.29) is 0 Å². The monoisotopic (exact) mass is 341 g/mol. The minimum absolute atomic E-state index is 0.395. The molecule has 0 spiro atoms. The van der Waals surface area contributed by atoms with Crippen LogP contribution in [0, 0.1) is 0 Å². The third-order valence-electron chi connectivity index (χ3n) is 2.48. The van der Waals surface area contributed by atoms with Crippen LogP contribution >= 0.6 is 27.7 Å². The number of benzene rings is 1. The third kappa shape index (κ3) is 3.33. The fourth-order valence-electron chi connectivity index (χ4n) is 1.54. The molecule has 0 aliphatic rings. The van der Waals surface area contributed by atoms with Gasteiger partial charge in [-0.05, 0) is 24.3 Å². The van der Waals surface area contributed by atoms with Crippen LogP contribution in [0.5, 0.6) is 0 Å². The summed E-state index contributed by atoms with van der Waals surface area (Å²) < 4.78 is 10.9. The van der Waals surface area contributed by atoms with Crippen molar-refractivity contribution in [1.29, 1.82) is 0 Å². The van der Waals surface area contributed by atoms with Gasteiger partial charge in [0.15, 0.2) is 0 Å². The Morgan fingerprint density at radius 2 is 2.26 bits per heavy atom. The van der Waals surface area contributed by atoms with E-state index in [2.05, 4.69) is 20.7 Å². The van der Waals surface area contributed by atoms with Crippen molar-refractivity contribution in [2.45, 2.75) is 10.6 Å². The normalized spacial score (nSPS) is 10.4. The number of anilines is 1. The molecule has 1 heterocycles. The van der Waals surface area contributed by atoms with E-state index in [1.165, 1.54) is 25.1 Å². The van der Waals surface area contributed by atoms with Gasteiger partial charge in [0, 0.05) is 15.1 Å². The molecule has 0 aliphatic carbocycles. The van der Waals surface area contributed by atoms with E-state index >= 15 is 0 Å². The maximum Gasteiger partial charge on any atom is 0.341 e. The number of ether oxygens (including phenoxy) is 1. The Morgan fingerprint density at radius 1 is 1.47 bits per heavy atom. The first-order valence-corrected chi connectivity index (χ1v) is 7.22. The molecule has 2 aromatic rings. The summed E-state index contributed by atoms with van der Waals surface area (Å²) in [5.74, 6) is 0.704. The molecule has 2 N–H and O–H groups in total. The van der Waals surface area contributed by atoms with E-state index in [9.17, 15) is 4.79 Å². The molecule has 0 atom stereocenters. The minimum Gasteiger partial charge on any atom is -0.468 e. The number of thioether (sulfide) groups is 1. The molecule has 0 unspecified atom stereocenters. The molecule has 0 amide bonds. The first kappa shape index (κ1) is 14.0. The van der Waals surface area contributed by atoms with E-state index in [1.807, 2.05) is 18.2 Å². The topological polar surface area (TPSA) is 65.5 Å². The zero-order valence-corrected chi connectivity index (χ0v) is 12.6. The van der Waals surface area contributed by atoms with Gasteiger partial charge >= 0.3 is 5.97 Å². The second kappa shape index (κ2) is 6.16. The van der Waals surface area contributed by atoms with Crippen molar-refractivity contribution in [3.63, 3.8) is 0 Å². The summed E-state index contributed by atoms with van der Waals surface area (Å²) >= 11 is 4.87. The number of methoxy groups -OCH3 is 1. The summed E-state index contributed by atoms with van der Waals surface area (Å²) in [5.41, 5.74) is 7.05. The number of rotatable bonds is 4. The second-order valence-corrected chi connectivity index (χ2v) is 5.65. The number of esters is 1. The Bertz CT molecular complexity index is 597. The van der Waals surface area contributed by atoms with Gasteiger partial charge < -0.3 is 14.9 Å². The Kier molecular flexibility index (Phi) is 4.55. The molecule has 0 saturated carbocycles. The molecule has 1 aromatic carbocycles. The SMILES string of the molecule is COC(=O)c1ccoc1CSc1ccc(Br)cc1N. The molecule has 6 heteroatoms. The summed E-state index contributed by atoms with van der Waals surface area (Å²) in [6.45, 7) is 0. The van der Waals surface area contributed by atoms with Crippen LogP contribution in [0.15, 0.2) is 44.3 Å². The van der Waals surface area contributed by atoms with Gasteiger partial charge in [-0.15, -0.1) is 11.8 Å². The number of nitrogen functional groups attached to an aromatic ring is 1. The van der Waals surface area contributed by atoms with E-state index < -0.39 is 5.97 Å². The van der Waals surface area contributed by atoms with Crippen molar-refractivity contribution in [2.75, 3.05) is 12.8 Å². The molecule has 1 aromatic heterocycles. The van der Waals surface area contributed by atoms with Crippen LogP contribution in [0.3, 0.4) is 0 Å². The molecular weight excluding hydrogens is 330 g/mol. The summed E-state index contributed by atoms with van der Waals surface area (Å²) in [4.78, 5) is 12.4. The highest BCUT2D eigenvalue weighted by Crippen LogP contribution is 2.31.